The number of rotatable bonds is 3. The van der Waals surface area contributed by atoms with E-state index in [1.54, 1.807) is 12.1 Å². The molecule has 69 valence electrons. The van der Waals surface area contributed by atoms with Crippen LogP contribution in [0.5, 0.6) is 5.75 Å². The first-order valence-electron chi connectivity index (χ1n) is 3.84. The number of hydrogen-bond donors (Lipinski definition) is 0. The van der Waals surface area contributed by atoms with Crippen molar-refractivity contribution in [2.24, 2.45) is 0 Å². The molecule has 0 aromatic heterocycles. The topological polar surface area (TPSA) is 35.5 Å². The van der Waals surface area contributed by atoms with Crippen molar-refractivity contribution in [3.05, 3.63) is 36.8 Å². The van der Waals surface area contributed by atoms with E-state index in [0.717, 1.165) is 5.56 Å². The summed E-state index contributed by atoms with van der Waals surface area (Å²) in [6.07, 6.45) is 0. The van der Waals surface area contributed by atoms with Gasteiger partial charge in [0, 0.05) is 0 Å². The average molecular weight is 179 g/mol. The van der Waals surface area contributed by atoms with Gasteiger partial charge in [-0.15, -0.1) is 0 Å². The minimum Gasteiger partial charge on any atom is -0.482 e. The second kappa shape index (κ2) is 4.50. The molecule has 0 spiro atoms. The van der Waals surface area contributed by atoms with Gasteiger partial charge in [0.25, 0.3) is 0 Å². The molecule has 0 aliphatic carbocycles. The largest absolute Gasteiger partial charge is 0.482 e. The number of carbonyl (C=O) groups excluding carboxylic acids is 1. The summed E-state index contributed by atoms with van der Waals surface area (Å²) in [6.45, 7) is 3.66. The summed E-state index contributed by atoms with van der Waals surface area (Å²) in [5, 5.41) is 0. The molecule has 0 N–H and O–H groups in total. The lowest BCUT2D eigenvalue weighted by atomic mass is 10.2. The number of carbonyl (C=O) groups is 1. The van der Waals surface area contributed by atoms with Crippen LogP contribution in [-0.2, 0) is 9.53 Å². The zero-order chi connectivity index (χ0) is 9.68. The van der Waals surface area contributed by atoms with Gasteiger partial charge in [-0.3, -0.25) is 0 Å². The first kappa shape index (κ1) is 9.58. The molecule has 3 heteroatoms. The Morgan fingerprint density at radius 1 is 1.38 bits per heavy atom. The zero-order valence-electron chi connectivity index (χ0n) is 7.45. The monoisotopic (exact) mass is 179 g/mol. The molecule has 0 aliphatic heterocycles. The molecular formula is C10H11O3. The lowest BCUT2D eigenvalue weighted by Crippen LogP contribution is -2.12. The van der Waals surface area contributed by atoms with Crippen molar-refractivity contribution in [1.82, 2.24) is 0 Å². The lowest BCUT2D eigenvalue weighted by molar-refractivity contribution is -0.142. The summed E-state index contributed by atoms with van der Waals surface area (Å²) in [5.74, 6) is 0.247. The van der Waals surface area contributed by atoms with Gasteiger partial charge in [-0.1, -0.05) is 12.1 Å². The van der Waals surface area contributed by atoms with E-state index in [9.17, 15) is 4.79 Å². The Bertz CT molecular complexity index is 277. The predicted octanol–water partition coefficient (Wildman–Crippen LogP) is 1.42. The van der Waals surface area contributed by atoms with Crippen LogP contribution in [0.25, 0.3) is 0 Å². The third kappa shape index (κ3) is 3.15. The average Bonchev–Trinajstić information content (AvgIpc) is 2.16. The maximum absolute atomic E-state index is 10.7. The molecule has 1 aromatic carbocycles. The van der Waals surface area contributed by atoms with Crippen LogP contribution in [0.15, 0.2) is 24.3 Å². The molecule has 0 bridgehead atoms. The summed E-state index contributed by atoms with van der Waals surface area (Å²) >= 11 is 0. The molecule has 0 amide bonds. The van der Waals surface area contributed by atoms with Crippen LogP contribution >= 0.6 is 0 Å². The summed E-state index contributed by atoms with van der Waals surface area (Å²) in [5.41, 5.74) is 0.908. The van der Waals surface area contributed by atoms with Crippen LogP contribution in [-0.4, -0.2) is 19.7 Å². The number of esters is 1. The molecule has 0 atom stereocenters. The highest BCUT2D eigenvalue weighted by molar-refractivity contribution is 5.70. The molecule has 0 saturated heterocycles. The number of hydrogen-bond acceptors (Lipinski definition) is 3. The highest BCUT2D eigenvalue weighted by Gasteiger charge is 2.00. The maximum Gasteiger partial charge on any atom is 0.343 e. The first-order chi connectivity index (χ1) is 6.22. The summed E-state index contributed by atoms with van der Waals surface area (Å²) in [4.78, 5) is 10.7. The van der Waals surface area contributed by atoms with Gasteiger partial charge < -0.3 is 9.47 Å². The van der Waals surface area contributed by atoms with Gasteiger partial charge in [-0.05, 0) is 24.6 Å². The van der Waals surface area contributed by atoms with Gasteiger partial charge in [-0.2, -0.15) is 0 Å². The molecule has 0 aliphatic rings. The SMILES string of the molecule is [CH2]c1ccc(OCC(=O)OC)cc1. The Kier molecular flexibility index (Phi) is 3.31. The van der Waals surface area contributed by atoms with Crippen molar-refractivity contribution in [2.45, 2.75) is 0 Å². The smallest absolute Gasteiger partial charge is 0.343 e. The summed E-state index contributed by atoms with van der Waals surface area (Å²) < 4.78 is 9.53. The Morgan fingerprint density at radius 2 is 2.00 bits per heavy atom. The van der Waals surface area contributed by atoms with Gasteiger partial charge in [0.1, 0.15) is 5.75 Å². The van der Waals surface area contributed by atoms with Crippen molar-refractivity contribution in [3.8, 4) is 5.75 Å². The first-order valence-corrected chi connectivity index (χ1v) is 3.84. The molecule has 0 unspecified atom stereocenters. The summed E-state index contributed by atoms with van der Waals surface area (Å²) in [7, 11) is 1.32. The van der Waals surface area contributed by atoms with Gasteiger partial charge in [0.2, 0.25) is 0 Å². The molecule has 13 heavy (non-hydrogen) atoms. The van der Waals surface area contributed by atoms with E-state index in [-0.39, 0.29) is 6.61 Å². The van der Waals surface area contributed by atoms with E-state index in [0.29, 0.717) is 5.75 Å². The summed E-state index contributed by atoms with van der Waals surface area (Å²) in [6, 6.07) is 7.13. The van der Waals surface area contributed by atoms with Crippen LogP contribution in [0.1, 0.15) is 5.56 Å². The van der Waals surface area contributed by atoms with Crippen molar-refractivity contribution in [2.75, 3.05) is 13.7 Å². The van der Waals surface area contributed by atoms with Gasteiger partial charge >= 0.3 is 5.97 Å². The molecule has 0 saturated carbocycles. The van der Waals surface area contributed by atoms with Crippen LogP contribution in [0.2, 0.25) is 0 Å². The van der Waals surface area contributed by atoms with Gasteiger partial charge in [0.15, 0.2) is 6.61 Å². The Morgan fingerprint density at radius 3 is 2.54 bits per heavy atom. The van der Waals surface area contributed by atoms with E-state index in [1.165, 1.54) is 7.11 Å². The fraction of sp³-hybridized carbons (Fsp3) is 0.200. The lowest BCUT2D eigenvalue weighted by Gasteiger charge is -2.04. The Balaban J connectivity index is 2.46. The molecule has 1 rings (SSSR count). The molecule has 0 heterocycles. The van der Waals surface area contributed by atoms with E-state index in [2.05, 4.69) is 11.7 Å². The molecule has 1 radical (unpaired) electrons. The molecule has 3 nitrogen and oxygen atoms in total. The Hall–Kier alpha value is -1.51. The second-order valence-electron chi connectivity index (χ2n) is 2.51. The van der Waals surface area contributed by atoms with Crippen molar-refractivity contribution in [1.29, 1.82) is 0 Å². The normalized spacial score (nSPS) is 9.38. The Labute approximate surface area is 77.3 Å². The number of methoxy groups -OCH3 is 1. The minimum absolute atomic E-state index is 0.0625. The van der Waals surface area contributed by atoms with E-state index < -0.39 is 5.97 Å². The number of benzene rings is 1. The molecule has 1 aromatic rings. The van der Waals surface area contributed by atoms with Crippen LogP contribution in [0, 0.1) is 6.92 Å². The predicted molar refractivity (Wildman–Crippen MR) is 48.4 cm³/mol. The molecular weight excluding hydrogens is 168 g/mol. The van der Waals surface area contributed by atoms with Crippen LogP contribution in [0.3, 0.4) is 0 Å². The third-order valence-electron chi connectivity index (χ3n) is 1.51. The number of ether oxygens (including phenoxy) is 2. The van der Waals surface area contributed by atoms with Gasteiger partial charge in [-0.25, -0.2) is 4.79 Å². The van der Waals surface area contributed by atoms with E-state index in [4.69, 9.17) is 4.74 Å². The maximum atomic E-state index is 10.7. The standard InChI is InChI=1S/C10H11O3/c1-8-3-5-9(6-4-8)13-7-10(11)12-2/h3-6H,1,7H2,2H3. The fourth-order valence-corrected chi connectivity index (χ4v) is 0.787. The van der Waals surface area contributed by atoms with Crippen LogP contribution < -0.4 is 4.74 Å². The fourth-order valence-electron chi connectivity index (χ4n) is 0.787. The second-order valence-corrected chi connectivity index (χ2v) is 2.51. The van der Waals surface area contributed by atoms with Crippen molar-refractivity contribution >= 4 is 5.97 Å². The van der Waals surface area contributed by atoms with Gasteiger partial charge in [0.05, 0.1) is 7.11 Å². The van der Waals surface area contributed by atoms with E-state index in [1.807, 2.05) is 12.1 Å². The van der Waals surface area contributed by atoms with Crippen molar-refractivity contribution < 1.29 is 14.3 Å². The van der Waals surface area contributed by atoms with Crippen LogP contribution in [0.4, 0.5) is 0 Å². The van der Waals surface area contributed by atoms with E-state index >= 15 is 0 Å². The van der Waals surface area contributed by atoms with Crippen molar-refractivity contribution in [3.63, 3.8) is 0 Å². The third-order valence-corrected chi connectivity index (χ3v) is 1.51. The molecule has 0 fully saturated rings. The quantitative estimate of drug-likeness (QED) is 0.658. The minimum atomic E-state index is -0.390. The highest BCUT2D eigenvalue weighted by Crippen LogP contribution is 2.10. The highest BCUT2D eigenvalue weighted by atomic mass is 16.6. The zero-order valence-corrected chi connectivity index (χ0v) is 7.45.